The average Bonchev–Trinajstić information content (AvgIpc) is 2.68. The van der Waals surface area contributed by atoms with Crippen LogP contribution in [0.2, 0.25) is 10.0 Å². The lowest BCUT2D eigenvalue weighted by Gasteiger charge is -2.35. The highest BCUT2D eigenvalue weighted by atomic mass is 35.5. The molecular formula is C21H22Cl2N2O3. The van der Waals surface area contributed by atoms with Crippen LogP contribution in [0.1, 0.15) is 21.5 Å². The van der Waals surface area contributed by atoms with E-state index >= 15 is 0 Å². The van der Waals surface area contributed by atoms with Crippen LogP contribution in [0.4, 0.5) is 0 Å². The van der Waals surface area contributed by atoms with Gasteiger partial charge in [0.15, 0.2) is 6.61 Å². The summed E-state index contributed by atoms with van der Waals surface area (Å²) in [5, 5.41) is 0.833. The minimum Gasteiger partial charge on any atom is -0.484 e. The van der Waals surface area contributed by atoms with Crippen LogP contribution in [-0.2, 0) is 4.79 Å². The van der Waals surface area contributed by atoms with Crippen molar-refractivity contribution < 1.29 is 14.3 Å². The Kier molecular flexibility index (Phi) is 6.47. The third-order valence-corrected chi connectivity index (χ3v) is 5.32. The Morgan fingerprint density at radius 2 is 1.64 bits per heavy atom. The predicted molar refractivity (Wildman–Crippen MR) is 110 cm³/mol. The van der Waals surface area contributed by atoms with Crippen LogP contribution >= 0.6 is 23.2 Å². The van der Waals surface area contributed by atoms with Gasteiger partial charge in [0.05, 0.1) is 10.6 Å². The molecule has 1 heterocycles. The molecular weight excluding hydrogens is 399 g/mol. The molecule has 0 aliphatic carbocycles. The second-order valence-corrected chi connectivity index (χ2v) is 7.70. The average molecular weight is 421 g/mol. The van der Waals surface area contributed by atoms with Gasteiger partial charge in [-0.2, -0.15) is 0 Å². The number of ether oxygens (including phenoxy) is 1. The Bertz CT molecular complexity index is 893. The van der Waals surface area contributed by atoms with E-state index in [9.17, 15) is 9.59 Å². The van der Waals surface area contributed by atoms with E-state index in [0.29, 0.717) is 47.5 Å². The van der Waals surface area contributed by atoms with Crippen molar-refractivity contribution >= 4 is 35.0 Å². The molecule has 0 unspecified atom stereocenters. The smallest absolute Gasteiger partial charge is 0.260 e. The molecule has 1 saturated heterocycles. The number of benzene rings is 2. The van der Waals surface area contributed by atoms with Gasteiger partial charge >= 0.3 is 0 Å². The van der Waals surface area contributed by atoms with E-state index in [2.05, 4.69) is 0 Å². The van der Waals surface area contributed by atoms with Gasteiger partial charge in [-0.3, -0.25) is 9.59 Å². The number of hydrogen-bond donors (Lipinski definition) is 0. The summed E-state index contributed by atoms with van der Waals surface area (Å²) in [7, 11) is 0. The molecule has 5 nitrogen and oxygen atoms in total. The molecule has 0 atom stereocenters. The maximum atomic E-state index is 12.7. The first-order valence-electron chi connectivity index (χ1n) is 9.07. The van der Waals surface area contributed by atoms with Crippen LogP contribution in [-0.4, -0.2) is 54.4 Å². The third-order valence-electron chi connectivity index (χ3n) is 4.76. The van der Waals surface area contributed by atoms with Crippen molar-refractivity contribution in [3.8, 4) is 5.75 Å². The zero-order chi connectivity index (χ0) is 20.3. The van der Waals surface area contributed by atoms with E-state index in [-0.39, 0.29) is 18.4 Å². The van der Waals surface area contributed by atoms with Crippen LogP contribution in [0, 0.1) is 13.8 Å². The fraction of sp³-hybridized carbons (Fsp3) is 0.333. The maximum absolute atomic E-state index is 12.7. The molecule has 0 bridgehead atoms. The summed E-state index contributed by atoms with van der Waals surface area (Å²) < 4.78 is 5.68. The summed E-state index contributed by atoms with van der Waals surface area (Å²) in [6, 6.07) is 10.7. The molecule has 3 rings (SSSR count). The van der Waals surface area contributed by atoms with Crippen molar-refractivity contribution in [3.63, 3.8) is 0 Å². The first-order valence-corrected chi connectivity index (χ1v) is 9.83. The van der Waals surface area contributed by atoms with Crippen molar-refractivity contribution in [1.29, 1.82) is 0 Å². The second kappa shape index (κ2) is 8.84. The number of piperazine rings is 1. The van der Waals surface area contributed by atoms with Gasteiger partial charge in [0.25, 0.3) is 11.8 Å². The van der Waals surface area contributed by atoms with E-state index in [4.69, 9.17) is 27.9 Å². The highest BCUT2D eigenvalue weighted by Crippen LogP contribution is 2.23. The quantitative estimate of drug-likeness (QED) is 0.751. The van der Waals surface area contributed by atoms with Crippen LogP contribution in [0.3, 0.4) is 0 Å². The fourth-order valence-electron chi connectivity index (χ4n) is 3.18. The van der Waals surface area contributed by atoms with Gasteiger partial charge in [0.1, 0.15) is 5.75 Å². The van der Waals surface area contributed by atoms with Gasteiger partial charge in [-0.25, -0.2) is 0 Å². The molecule has 1 fully saturated rings. The lowest BCUT2D eigenvalue weighted by molar-refractivity contribution is -0.134. The highest BCUT2D eigenvalue weighted by Gasteiger charge is 2.26. The Morgan fingerprint density at radius 3 is 2.32 bits per heavy atom. The van der Waals surface area contributed by atoms with E-state index in [1.54, 1.807) is 28.0 Å². The van der Waals surface area contributed by atoms with E-state index in [1.807, 2.05) is 32.0 Å². The van der Waals surface area contributed by atoms with Crippen LogP contribution in [0.25, 0.3) is 0 Å². The fourth-order valence-corrected chi connectivity index (χ4v) is 3.55. The van der Waals surface area contributed by atoms with Crippen molar-refractivity contribution in [3.05, 3.63) is 63.1 Å². The Hall–Kier alpha value is -2.24. The number of halogens is 2. The molecule has 1 aliphatic rings. The van der Waals surface area contributed by atoms with Crippen LogP contribution in [0.15, 0.2) is 36.4 Å². The molecule has 0 radical (unpaired) electrons. The summed E-state index contributed by atoms with van der Waals surface area (Å²) >= 11 is 12.1. The number of amides is 2. The minimum atomic E-state index is -0.175. The topological polar surface area (TPSA) is 49.9 Å². The van der Waals surface area contributed by atoms with E-state index in [1.165, 1.54) is 0 Å². The lowest BCUT2D eigenvalue weighted by Crippen LogP contribution is -2.51. The normalized spacial score (nSPS) is 14.1. The van der Waals surface area contributed by atoms with Crippen molar-refractivity contribution in [2.24, 2.45) is 0 Å². The first-order chi connectivity index (χ1) is 13.3. The van der Waals surface area contributed by atoms with Gasteiger partial charge in [0.2, 0.25) is 0 Å². The maximum Gasteiger partial charge on any atom is 0.260 e. The zero-order valence-electron chi connectivity index (χ0n) is 15.9. The molecule has 2 amide bonds. The number of aryl methyl sites for hydroxylation is 2. The summed E-state index contributed by atoms with van der Waals surface area (Å²) in [6.45, 7) is 5.75. The monoisotopic (exact) mass is 420 g/mol. The largest absolute Gasteiger partial charge is 0.484 e. The van der Waals surface area contributed by atoms with Crippen molar-refractivity contribution in [1.82, 2.24) is 9.80 Å². The Balaban J connectivity index is 1.53. The molecule has 7 heteroatoms. The molecule has 0 saturated carbocycles. The van der Waals surface area contributed by atoms with Crippen molar-refractivity contribution in [2.45, 2.75) is 13.8 Å². The second-order valence-electron chi connectivity index (χ2n) is 6.85. The molecule has 148 valence electrons. The summed E-state index contributed by atoms with van der Waals surface area (Å²) in [5.74, 6) is 0.447. The Labute approximate surface area is 174 Å². The molecule has 2 aromatic rings. The van der Waals surface area contributed by atoms with Crippen molar-refractivity contribution in [2.75, 3.05) is 32.8 Å². The number of rotatable bonds is 4. The molecule has 0 N–H and O–H groups in total. The number of carbonyl (C=O) groups is 2. The highest BCUT2D eigenvalue weighted by molar-refractivity contribution is 6.35. The number of hydrogen-bond acceptors (Lipinski definition) is 3. The first kappa shape index (κ1) is 20.5. The minimum absolute atomic E-state index is 0.0159. The van der Waals surface area contributed by atoms with Gasteiger partial charge in [-0.15, -0.1) is 0 Å². The van der Waals surface area contributed by atoms with Crippen LogP contribution in [0.5, 0.6) is 5.75 Å². The van der Waals surface area contributed by atoms with Gasteiger partial charge in [-0.1, -0.05) is 40.9 Å². The SMILES string of the molecule is Cc1ccc(OCC(=O)N2CCN(C(=O)c3cc(Cl)ccc3Cl)CC2)c(C)c1. The molecule has 0 spiro atoms. The summed E-state index contributed by atoms with van der Waals surface area (Å²) in [6.07, 6.45) is 0. The van der Waals surface area contributed by atoms with E-state index < -0.39 is 0 Å². The van der Waals surface area contributed by atoms with E-state index in [0.717, 1.165) is 11.1 Å². The molecule has 2 aromatic carbocycles. The van der Waals surface area contributed by atoms with Gasteiger partial charge in [0, 0.05) is 31.2 Å². The molecule has 28 heavy (non-hydrogen) atoms. The predicted octanol–water partition coefficient (Wildman–Crippen LogP) is 3.97. The third kappa shape index (κ3) is 4.78. The van der Waals surface area contributed by atoms with Gasteiger partial charge < -0.3 is 14.5 Å². The van der Waals surface area contributed by atoms with Crippen LogP contribution < -0.4 is 4.74 Å². The molecule has 1 aliphatic heterocycles. The number of carbonyl (C=O) groups excluding carboxylic acids is 2. The Morgan fingerprint density at radius 1 is 0.964 bits per heavy atom. The van der Waals surface area contributed by atoms with Gasteiger partial charge in [-0.05, 0) is 43.7 Å². The summed E-state index contributed by atoms with van der Waals surface area (Å²) in [5.41, 5.74) is 2.53. The lowest BCUT2D eigenvalue weighted by atomic mass is 10.1. The zero-order valence-corrected chi connectivity index (χ0v) is 17.4. The molecule has 0 aromatic heterocycles. The summed E-state index contributed by atoms with van der Waals surface area (Å²) in [4.78, 5) is 28.5. The standard InChI is InChI=1S/C21H22Cl2N2O3/c1-14-3-6-19(15(2)11-14)28-13-20(26)24-7-9-25(10-8-24)21(27)17-12-16(22)4-5-18(17)23/h3-6,11-12H,7-10,13H2,1-2H3. The number of nitrogens with zero attached hydrogens (tertiary/aromatic N) is 2.